The molecule has 2 aromatic rings. The van der Waals surface area contributed by atoms with Crippen LogP contribution in [0.5, 0.6) is 0 Å². The molecule has 1 aromatic carbocycles. The van der Waals surface area contributed by atoms with E-state index in [2.05, 4.69) is 11.1 Å². The lowest BCUT2D eigenvalue weighted by molar-refractivity contribution is 1.33. The van der Waals surface area contributed by atoms with Crippen molar-refractivity contribution in [3.63, 3.8) is 0 Å². The van der Waals surface area contributed by atoms with E-state index in [0.29, 0.717) is 5.56 Å². The lowest BCUT2D eigenvalue weighted by atomic mass is 10.1. The van der Waals surface area contributed by atoms with E-state index in [-0.39, 0.29) is 0 Å². The zero-order valence-electron chi connectivity index (χ0n) is 7.51. The second-order valence-electron chi connectivity index (χ2n) is 2.93. The summed E-state index contributed by atoms with van der Waals surface area (Å²) in [5.41, 5.74) is 2.81. The number of benzene rings is 1. The molecule has 2 rings (SSSR count). The molecule has 0 spiro atoms. The minimum Gasteiger partial charge on any atom is -0.265 e. The normalized spacial score (nSPS) is 9.36. The number of hydrogen-bond acceptors (Lipinski definition) is 2. The maximum Gasteiger partial charge on any atom is 0.0991 e. The van der Waals surface area contributed by atoms with Crippen molar-refractivity contribution in [2.24, 2.45) is 0 Å². The first-order valence-electron chi connectivity index (χ1n) is 4.31. The number of nitrogens with zero attached hydrogens (tertiary/aromatic N) is 2. The molecule has 0 fully saturated rings. The van der Waals surface area contributed by atoms with Crippen LogP contribution in [0.2, 0.25) is 0 Å². The van der Waals surface area contributed by atoms with Gasteiger partial charge in [0.25, 0.3) is 0 Å². The van der Waals surface area contributed by atoms with Gasteiger partial charge < -0.3 is 0 Å². The fraction of sp³-hybridized carbons (Fsp3) is 0. The molecule has 0 bridgehead atoms. The second-order valence-corrected chi connectivity index (χ2v) is 2.93. The number of nitriles is 1. The fourth-order valence-electron chi connectivity index (χ4n) is 1.31. The lowest BCUT2D eigenvalue weighted by Crippen LogP contribution is -1.79. The average molecular weight is 180 g/mol. The van der Waals surface area contributed by atoms with Crippen LogP contribution in [0.15, 0.2) is 48.8 Å². The molecular weight excluding hydrogens is 172 g/mol. The van der Waals surface area contributed by atoms with Gasteiger partial charge >= 0.3 is 0 Å². The van der Waals surface area contributed by atoms with Crippen LogP contribution in [0.25, 0.3) is 11.1 Å². The van der Waals surface area contributed by atoms with Crippen molar-refractivity contribution in [3.05, 3.63) is 54.4 Å². The van der Waals surface area contributed by atoms with Gasteiger partial charge in [0.1, 0.15) is 0 Å². The highest BCUT2D eigenvalue weighted by atomic mass is 14.6. The molecule has 0 unspecified atom stereocenters. The first kappa shape index (κ1) is 8.46. The van der Waals surface area contributed by atoms with Gasteiger partial charge in [0.15, 0.2) is 0 Å². The summed E-state index contributed by atoms with van der Waals surface area (Å²) < 4.78 is 0. The van der Waals surface area contributed by atoms with E-state index in [9.17, 15) is 0 Å². The molecule has 1 aromatic heterocycles. The Kier molecular flexibility index (Phi) is 2.24. The Balaban J connectivity index is 2.49. The van der Waals surface area contributed by atoms with Crippen LogP contribution >= 0.6 is 0 Å². The predicted octanol–water partition coefficient (Wildman–Crippen LogP) is 2.62. The smallest absolute Gasteiger partial charge is 0.0991 e. The van der Waals surface area contributed by atoms with Gasteiger partial charge in [0.05, 0.1) is 11.6 Å². The molecule has 0 radical (unpaired) electrons. The Morgan fingerprint density at radius 2 is 1.79 bits per heavy atom. The molecule has 2 heteroatoms. The molecule has 0 N–H and O–H groups in total. The molecule has 0 aliphatic rings. The van der Waals surface area contributed by atoms with Gasteiger partial charge in [-0.05, 0) is 35.4 Å². The molecular formula is C12H8N2. The number of rotatable bonds is 1. The number of aromatic nitrogens is 1. The summed E-state index contributed by atoms with van der Waals surface area (Å²) in [7, 11) is 0. The van der Waals surface area contributed by atoms with Crippen LogP contribution in [0, 0.1) is 11.3 Å². The second kappa shape index (κ2) is 3.71. The van der Waals surface area contributed by atoms with E-state index < -0.39 is 0 Å². The van der Waals surface area contributed by atoms with Crippen molar-refractivity contribution in [2.75, 3.05) is 0 Å². The molecule has 0 saturated heterocycles. The third kappa shape index (κ3) is 1.62. The van der Waals surface area contributed by atoms with E-state index in [1.807, 2.05) is 30.3 Å². The summed E-state index contributed by atoms with van der Waals surface area (Å²) in [6, 6.07) is 13.5. The summed E-state index contributed by atoms with van der Waals surface area (Å²) in [6.07, 6.45) is 3.49. The minimum absolute atomic E-state index is 0.680. The maximum absolute atomic E-state index is 8.75. The third-order valence-electron chi connectivity index (χ3n) is 2.01. The van der Waals surface area contributed by atoms with Crippen molar-refractivity contribution in [3.8, 4) is 17.2 Å². The van der Waals surface area contributed by atoms with E-state index in [4.69, 9.17) is 5.26 Å². The summed E-state index contributed by atoms with van der Waals surface area (Å²) >= 11 is 0. The largest absolute Gasteiger partial charge is 0.265 e. The summed E-state index contributed by atoms with van der Waals surface area (Å²) in [6.45, 7) is 0. The van der Waals surface area contributed by atoms with E-state index in [1.54, 1.807) is 18.5 Å². The van der Waals surface area contributed by atoms with Crippen LogP contribution in [-0.2, 0) is 0 Å². The lowest BCUT2D eigenvalue weighted by Gasteiger charge is -2.00. The molecule has 0 amide bonds. The molecule has 66 valence electrons. The molecule has 0 aliphatic heterocycles. The Morgan fingerprint density at radius 1 is 1.00 bits per heavy atom. The monoisotopic (exact) mass is 180 g/mol. The van der Waals surface area contributed by atoms with Crippen molar-refractivity contribution in [2.45, 2.75) is 0 Å². The molecule has 1 heterocycles. The molecule has 0 aliphatic carbocycles. The van der Waals surface area contributed by atoms with E-state index >= 15 is 0 Å². The Morgan fingerprint density at radius 3 is 2.50 bits per heavy atom. The van der Waals surface area contributed by atoms with Gasteiger partial charge in [-0.2, -0.15) is 5.26 Å². The zero-order valence-corrected chi connectivity index (χ0v) is 7.51. The highest BCUT2D eigenvalue weighted by molar-refractivity contribution is 5.64. The van der Waals surface area contributed by atoms with Crippen LogP contribution in [0.1, 0.15) is 5.56 Å². The van der Waals surface area contributed by atoms with Gasteiger partial charge in [-0.15, -0.1) is 0 Å². The Bertz CT molecular complexity index is 469. The number of pyridine rings is 1. The van der Waals surface area contributed by atoms with Crippen molar-refractivity contribution < 1.29 is 0 Å². The van der Waals surface area contributed by atoms with Gasteiger partial charge in [0, 0.05) is 12.4 Å². The zero-order chi connectivity index (χ0) is 9.80. The predicted molar refractivity (Wildman–Crippen MR) is 54.4 cm³/mol. The van der Waals surface area contributed by atoms with Crippen molar-refractivity contribution in [1.82, 2.24) is 4.98 Å². The molecule has 14 heavy (non-hydrogen) atoms. The van der Waals surface area contributed by atoms with Gasteiger partial charge in [-0.3, -0.25) is 4.98 Å². The molecule has 0 atom stereocenters. The number of hydrogen-bond donors (Lipinski definition) is 0. The maximum atomic E-state index is 8.75. The molecule has 2 nitrogen and oxygen atoms in total. The quantitative estimate of drug-likeness (QED) is 0.676. The average Bonchev–Trinajstić information content (AvgIpc) is 2.30. The van der Waals surface area contributed by atoms with Crippen LogP contribution in [-0.4, -0.2) is 4.98 Å². The van der Waals surface area contributed by atoms with Gasteiger partial charge in [0.2, 0.25) is 0 Å². The Labute approximate surface area is 82.5 Å². The van der Waals surface area contributed by atoms with Crippen molar-refractivity contribution in [1.29, 1.82) is 5.26 Å². The van der Waals surface area contributed by atoms with Crippen LogP contribution < -0.4 is 0 Å². The Hall–Kier alpha value is -2.14. The first-order chi connectivity index (χ1) is 6.90. The SMILES string of the molecule is N#Cc1cccc(-c2ccncc2)c1. The fourth-order valence-corrected chi connectivity index (χ4v) is 1.31. The standard InChI is InChI=1S/C12H8N2/c13-9-10-2-1-3-12(8-10)11-4-6-14-7-5-11/h1-8H. The van der Waals surface area contributed by atoms with Crippen LogP contribution in [0.3, 0.4) is 0 Å². The minimum atomic E-state index is 0.680. The summed E-state index contributed by atoms with van der Waals surface area (Å²) in [4.78, 5) is 3.95. The van der Waals surface area contributed by atoms with Gasteiger partial charge in [-0.25, -0.2) is 0 Å². The van der Waals surface area contributed by atoms with Gasteiger partial charge in [-0.1, -0.05) is 12.1 Å². The third-order valence-corrected chi connectivity index (χ3v) is 2.01. The van der Waals surface area contributed by atoms with Crippen LogP contribution in [0.4, 0.5) is 0 Å². The highest BCUT2D eigenvalue weighted by Crippen LogP contribution is 2.18. The first-order valence-corrected chi connectivity index (χ1v) is 4.31. The molecule has 0 saturated carbocycles. The topological polar surface area (TPSA) is 36.7 Å². The highest BCUT2D eigenvalue weighted by Gasteiger charge is 1.97. The summed E-state index contributed by atoms with van der Waals surface area (Å²) in [5, 5.41) is 8.75. The van der Waals surface area contributed by atoms with E-state index in [1.165, 1.54) is 0 Å². The summed E-state index contributed by atoms with van der Waals surface area (Å²) in [5.74, 6) is 0. The van der Waals surface area contributed by atoms with Crippen molar-refractivity contribution >= 4 is 0 Å². The van der Waals surface area contributed by atoms with E-state index in [0.717, 1.165) is 11.1 Å².